The van der Waals surface area contributed by atoms with Crippen LogP contribution in [0.2, 0.25) is 0 Å². The fourth-order valence-corrected chi connectivity index (χ4v) is 2.11. The molecule has 1 saturated carbocycles. The molecule has 0 amide bonds. The maximum Gasteiger partial charge on any atom is -0.00175 e. The van der Waals surface area contributed by atoms with Gasteiger partial charge in [0.25, 0.3) is 0 Å². The molecule has 2 rings (SSSR count). The third-order valence-corrected chi connectivity index (χ3v) is 3.26. The molecule has 0 aliphatic heterocycles. The average molecular weight is 201 g/mol. The van der Waals surface area contributed by atoms with Crippen LogP contribution in [0.1, 0.15) is 31.7 Å². The first-order chi connectivity index (χ1) is 7.24. The minimum Gasteiger partial charge on any atom is -0.330 e. The van der Waals surface area contributed by atoms with Crippen LogP contribution < -0.4 is 5.73 Å². The molecule has 1 aliphatic carbocycles. The molecular formula is C14H19N. The van der Waals surface area contributed by atoms with Crippen molar-refractivity contribution in [3.63, 3.8) is 0 Å². The summed E-state index contributed by atoms with van der Waals surface area (Å²) in [5.41, 5.74) is 8.98. The molecule has 1 aromatic carbocycles. The number of hydrogen-bond donors (Lipinski definition) is 1. The van der Waals surface area contributed by atoms with Crippen LogP contribution in [0.3, 0.4) is 0 Å². The first-order valence-electron chi connectivity index (χ1n) is 5.66. The van der Waals surface area contributed by atoms with Crippen molar-refractivity contribution in [2.75, 3.05) is 6.54 Å². The van der Waals surface area contributed by atoms with Crippen LogP contribution in [0.25, 0.3) is 6.08 Å². The van der Waals surface area contributed by atoms with E-state index in [1.807, 2.05) is 0 Å². The maximum atomic E-state index is 5.78. The average Bonchev–Trinajstić information content (AvgIpc) is 3.00. The van der Waals surface area contributed by atoms with Gasteiger partial charge in [0, 0.05) is 0 Å². The van der Waals surface area contributed by atoms with E-state index in [0.717, 1.165) is 6.54 Å². The molecular weight excluding hydrogens is 182 g/mol. The first-order valence-corrected chi connectivity index (χ1v) is 5.66. The van der Waals surface area contributed by atoms with Crippen molar-refractivity contribution >= 4 is 6.08 Å². The van der Waals surface area contributed by atoms with Crippen LogP contribution in [0.5, 0.6) is 0 Å². The van der Waals surface area contributed by atoms with E-state index < -0.39 is 0 Å². The van der Waals surface area contributed by atoms with Gasteiger partial charge >= 0.3 is 0 Å². The van der Waals surface area contributed by atoms with E-state index in [1.54, 1.807) is 0 Å². The second-order valence-electron chi connectivity index (χ2n) is 4.78. The maximum absolute atomic E-state index is 5.78. The van der Waals surface area contributed by atoms with Crippen LogP contribution in [-0.2, 0) is 0 Å². The minimum atomic E-state index is 0.454. The van der Waals surface area contributed by atoms with Crippen LogP contribution in [0, 0.1) is 5.41 Å². The molecule has 1 heteroatoms. The molecule has 0 heterocycles. The molecule has 0 radical (unpaired) electrons. The lowest BCUT2D eigenvalue weighted by molar-refractivity contribution is 0.520. The molecule has 0 aromatic heterocycles. The molecule has 0 unspecified atom stereocenters. The molecule has 1 fully saturated rings. The highest BCUT2D eigenvalue weighted by Gasteiger charge is 2.40. The lowest BCUT2D eigenvalue weighted by Gasteiger charge is -2.12. The molecule has 0 bridgehead atoms. The van der Waals surface area contributed by atoms with Crippen LogP contribution in [0.15, 0.2) is 35.9 Å². The van der Waals surface area contributed by atoms with E-state index in [0.29, 0.717) is 5.41 Å². The molecule has 1 nitrogen and oxygen atoms in total. The fourth-order valence-electron chi connectivity index (χ4n) is 2.11. The molecule has 0 saturated heterocycles. The number of rotatable bonds is 4. The van der Waals surface area contributed by atoms with Gasteiger partial charge in [0.05, 0.1) is 0 Å². The Morgan fingerprint density at radius 3 is 2.53 bits per heavy atom. The summed E-state index contributed by atoms with van der Waals surface area (Å²) in [5.74, 6) is 0. The Labute approximate surface area is 92.0 Å². The summed E-state index contributed by atoms with van der Waals surface area (Å²) < 4.78 is 0. The monoisotopic (exact) mass is 201 g/mol. The lowest BCUT2D eigenvalue weighted by atomic mass is 9.96. The quantitative estimate of drug-likeness (QED) is 0.795. The zero-order valence-electron chi connectivity index (χ0n) is 9.37. The Bertz CT molecular complexity index is 347. The van der Waals surface area contributed by atoms with Gasteiger partial charge in [0.15, 0.2) is 0 Å². The predicted octanol–water partition coefficient (Wildman–Crippen LogP) is 3.22. The molecule has 2 N–H and O–H groups in total. The van der Waals surface area contributed by atoms with Gasteiger partial charge in [0.1, 0.15) is 0 Å². The van der Waals surface area contributed by atoms with Gasteiger partial charge < -0.3 is 5.73 Å². The van der Waals surface area contributed by atoms with Crippen LogP contribution >= 0.6 is 0 Å². The Morgan fingerprint density at radius 1 is 1.33 bits per heavy atom. The van der Waals surface area contributed by atoms with E-state index in [4.69, 9.17) is 5.73 Å². The molecule has 80 valence electrons. The predicted molar refractivity (Wildman–Crippen MR) is 65.4 cm³/mol. The largest absolute Gasteiger partial charge is 0.330 e. The molecule has 0 spiro atoms. The summed E-state index contributed by atoms with van der Waals surface area (Å²) in [6.07, 6.45) is 6.06. The summed E-state index contributed by atoms with van der Waals surface area (Å²) in [5, 5.41) is 0. The van der Waals surface area contributed by atoms with Crippen molar-refractivity contribution in [1.29, 1.82) is 0 Å². The second-order valence-corrected chi connectivity index (χ2v) is 4.78. The summed E-state index contributed by atoms with van der Waals surface area (Å²) in [7, 11) is 0. The van der Waals surface area contributed by atoms with E-state index >= 15 is 0 Å². The van der Waals surface area contributed by atoms with Crippen molar-refractivity contribution < 1.29 is 0 Å². The van der Waals surface area contributed by atoms with Crippen LogP contribution in [-0.4, -0.2) is 6.54 Å². The molecule has 1 aliphatic rings. The number of hydrogen-bond acceptors (Lipinski definition) is 1. The van der Waals surface area contributed by atoms with Gasteiger partial charge in [-0.15, -0.1) is 0 Å². The topological polar surface area (TPSA) is 26.0 Å². The van der Waals surface area contributed by atoms with Gasteiger partial charge in [-0.1, -0.05) is 42.0 Å². The zero-order chi connectivity index (χ0) is 10.7. The standard InChI is InChI=1S/C14H19N/c1-12(10-14(11-15)7-8-14)9-13-5-3-2-4-6-13/h2-6,9H,7-8,10-11,15H2,1H3/b12-9+. The number of benzene rings is 1. The third kappa shape index (κ3) is 2.69. The van der Waals surface area contributed by atoms with Crippen LogP contribution in [0.4, 0.5) is 0 Å². The molecule has 0 atom stereocenters. The van der Waals surface area contributed by atoms with Gasteiger partial charge in [0.2, 0.25) is 0 Å². The van der Waals surface area contributed by atoms with Crippen molar-refractivity contribution in [2.45, 2.75) is 26.2 Å². The molecule has 15 heavy (non-hydrogen) atoms. The van der Waals surface area contributed by atoms with Crippen molar-refractivity contribution in [3.8, 4) is 0 Å². The SMILES string of the molecule is C/C(=C\c1ccccc1)CC1(CN)CC1. The molecule has 1 aromatic rings. The summed E-state index contributed by atoms with van der Waals surface area (Å²) >= 11 is 0. The number of allylic oxidation sites excluding steroid dienone is 1. The Balaban J connectivity index is 2.02. The second kappa shape index (κ2) is 4.19. The number of nitrogens with two attached hydrogens (primary N) is 1. The van der Waals surface area contributed by atoms with E-state index in [1.165, 1.54) is 30.4 Å². The highest BCUT2D eigenvalue weighted by molar-refractivity contribution is 5.52. The third-order valence-electron chi connectivity index (χ3n) is 3.26. The van der Waals surface area contributed by atoms with Crippen molar-refractivity contribution in [2.24, 2.45) is 11.1 Å². The Hall–Kier alpha value is -1.08. The van der Waals surface area contributed by atoms with Gasteiger partial charge in [-0.05, 0) is 43.7 Å². The van der Waals surface area contributed by atoms with Gasteiger partial charge in [-0.2, -0.15) is 0 Å². The smallest absolute Gasteiger partial charge is 0.00175 e. The van der Waals surface area contributed by atoms with Gasteiger partial charge in [-0.25, -0.2) is 0 Å². The first kappa shape index (κ1) is 10.4. The highest BCUT2D eigenvalue weighted by atomic mass is 14.6. The Morgan fingerprint density at radius 2 is 2.00 bits per heavy atom. The summed E-state index contributed by atoms with van der Waals surface area (Å²) in [6, 6.07) is 10.5. The fraction of sp³-hybridized carbons (Fsp3) is 0.429. The Kier molecular flexibility index (Phi) is 2.92. The van der Waals surface area contributed by atoms with E-state index in [2.05, 4.69) is 43.3 Å². The zero-order valence-corrected chi connectivity index (χ0v) is 9.37. The normalized spacial score (nSPS) is 18.9. The van der Waals surface area contributed by atoms with E-state index in [9.17, 15) is 0 Å². The summed E-state index contributed by atoms with van der Waals surface area (Å²) in [6.45, 7) is 3.05. The highest BCUT2D eigenvalue weighted by Crippen LogP contribution is 2.49. The van der Waals surface area contributed by atoms with Crippen molar-refractivity contribution in [1.82, 2.24) is 0 Å². The van der Waals surface area contributed by atoms with E-state index in [-0.39, 0.29) is 0 Å². The van der Waals surface area contributed by atoms with Gasteiger partial charge in [-0.3, -0.25) is 0 Å². The minimum absolute atomic E-state index is 0.454. The van der Waals surface area contributed by atoms with Crippen molar-refractivity contribution in [3.05, 3.63) is 41.5 Å². The lowest BCUT2D eigenvalue weighted by Crippen LogP contribution is -2.15. The summed E-state index contributed by atoms with van der Waals surface area (Å²) in [4.78, 5) is 0.